The summed E-state index contributed by atoms with van der Waals surface area (Å²) in [4.78, 5) is 11.8. The molecule has 1 aromatic heterocycles. The summed E-state index contributed by atoms with van der Waals surface area (Å²) >= 11 is 0. The fourth-order valence-electron chi connectivity index (χ4n) is 2.66. The SMILES string of the molecule is Cc1nn(C)c(C)c1CNC(=O)CCC1CCCN1. The van der Waals surface area contributed by atoms with Gasteiger partial charge in [0, 0.05) is 37.3 Å². The van der Waals surface area contributed by atoms with E-state index in [0.29, 0.717) is 19.0 Å². The first-order valence-corrected chi connectivity index (χ1v) is 7.07. The lowest BCUT2D eigenvalue weighted by atomic mass is 10.1. The van der Waals surface area contributed by atoms with Crippen LogP contribution in [0.3, 0.4) is 0 Å². The van der Waals surface area contributed by atoms with Crippen LogP contribution in [-0.4, -0.2) is 28.3 Å². The molecule has 1 unspecified atom stereocenters. The summed E-state index contributed by atoms with van der Waals surface area (Å²) in [5.41, 5.74) is 3.25. The molecule has 1 amide bonds. The number of carbonyl (C=O) groups is 1. The highest BCUT2D eigenvalue weighted by Gasteiger charge is 2.15. The molecule has 1 aliphatic rings. The molecule has 106 valence electrons. The first-order valence-electron chi connectivity index (χ1n) is 7.07. The van der Waals surface area contributed by atoms with E-state index in [4.69, 9.17) is 0 Å². The summed E-state index contributed by atoms with van der Waals surface area (Å²) in [6.07, 6.45) is 3.99. The van der Waals surface area contributed by atoms with Crippen LogP contribution in [0.25, 0.3) is 0 Å². The Labute approximate surface area is 114 Å². The summed E-state index contributed by atoms with van der Waals surface area (Å²) in [5, 5.41) is 10.8. The number of nitrogens with zero attached hydrogens (tertiary/aromatic N) is 2. The maximum Gasteiger partial charge on any atom is 0.220 e. The first-order chi connectivity index (χ1) is 9.08. The van der Waals surface area contributed by atoms with Gasteiger partial charge in [-0.25, -0.2) is 0 Å². The number of hydrogen-bond donors (Lipinski definition) is 2. The van der Waals surface area contributed by atoms with Gasteiger partial charge in [-0.2, -0.15) is 5.10 Å². The number of nitrogens with one attached hydrogen (secondary N) is 2. The number of aromatic nitrogens is 2. The molecule has 0 bridgehead atoms. The molecule has 5 heteroatoms. The van der Waals surface area contributed by atoms with Crippen molar-refractivity contribution < 1.29 is 4.79 Å². The average molecular weight is 264 g/mol. The van der Waals surface area contributed by atoms with Crippen molar-refractivity contribution in [2.45, 2.75) is 52.1 Å². The molecule has 2 N–H and O–H groups in total. The van der Waals surface area contributed by atoms with E-state index in [2.05, 4.69) is 15.7 Å². The van der Waals surface area contributed by atoms with Gasteiger partial charge in [-0.15, -0.1) is 0 Å². The number of carbonyl (C=O) groups excluding carboxylic acids is 1. The molecule has 0 aromatic carbocycles. The second-order valence-corrected chi connectivity index (χ2v) is 5.38. The van der Waals surface area contributed by atoms with Crippen LogP contribution in [0.15, 0.2) is 0 Å². The molecule has 1 fully saturated rings. The number of aryl methyl sites for hydroxylation is 2. The minimum absolute atomic E-state index is 0.136. The van der Waals surface area contributed by atoms with E-state index in [1.165, 1.54) is 12.8 Å². The highest BCUT2D eigenvalue weighted by molar-refractivity contribution is 5.75. The zero-order valence-corrected chi connectivity index (χ0v) is 12.1. The number of rotatable bonds is 5. The van der Waals surface area contributed by atoms with Gasteiger partial charge in [0.05, 0.1) is 5.69 Å². The van der Waals surface area contributed by atoms with Crippen LogP contribution >= 0.6 is 0 Å². The van der Waals surface area contributed by atoms with Crippen LogP contribution in [0.5, 0.6) is 0 Å². The first kappa shape index (κ1) is 14.1. The molecule has 2 rings (SSSR count). The molecule has 0 aliphatic carbocycles. The molecule has 0 saturated carbocycles. The van der Waals surface area contributed by atoms with E-state index in [-0.39, 0.29) is 5.91 Å². The van der Waals surface area contributed by atoms with Crippen molar-refractivity contribution in [1.82, 2.24) is 20.4 Å². The van der Waals surface area contributed by atoms with Gasteiger partial charge in [0.15, 0.2) is 0 Å². The highest BCUT2D eigenvalue weighted by Crippen LogP contribution is 2.12. The smallest absolute Gasteiger partial charge is 0.220 e. The highest BCUT2D eigenvalue weighted by atomic mass is 16.1. The third kappa shape index (κ3) is 3.56. The van der Waals surface area contributed by atoms with E-state index >= 15 is 0 Å². The fraction of sp³-hybridized carbons (Fsp3) is 0.714. The Morgan fingerprint density at radius 1 is 1.53 bits per heavy atom. The summed E-state index contributed by atoms with van der Waals surface area (Å²) in [6, 6.07) is 0.535. The topological polar surface area (TPSA) is 59.0 Å². The van der Waals surface area contributed by atoms with Crippen molar-refractivity contribution in [1.29, 1.82) is 0 Å². The lowest BCUT2D eigenvalue weighted by Gasteiger charge is -2.10. The van der Waals surface area contributed by atoms with Crippen LogP contribution in [-0.2, 0) is 18.4 Å². The summed E-state index contributed by atoms with van der Waals surface area (Å²) in [7, 11) is 1.93. The molecular formula is C14H24N4O. The van der Waals surface area contributed by atoms with Crippen molar-refractivity contribution >= 4 is 5.91 Å². The van der Waals surface area contributed by atoms with Crippen molar-refractivity contribution in [2.24, 2.45) is 7.05 Å². The average Bonchev–Trinajstić information content (AvgIpc) is 2.96. The molecule has 1 aliphatic heterocycles. The van der Waals surface area contributed by atoms with Crippen molar-refractivity contribution in [3.8, 4) is 0 Å². The third-order valence-electron chi connectivity index (χ3n) is 4.00. The van der Waals surface area contributed by atoms with Gasteiger partial charge in [-0.3, -0.25) is 9.48 Å². The normalized spacial score (nSPS) is 18.8. The van der Waals surface area contributed by atoms with Gasteiger partial charge < -0.3 is 10.6 Å². The van der Waals surface area contributed by atoms with Gasteiger partial charge in [0.2, 0.25) is 5.91 Å². The molecular weight excluding hydrogens is 240 g/mol. The van der Waals surface area contributed by atoms with Crippen molar-refractivity contribution in [3.63, 3.8) is 0 Å². The van der Waals surface area contributed by atoms with E-state index in [1.54, 1.807) is 0 Å². The van der Waals surface area contributed by atoms with E-state index < -0.39 is 0 Å². The second-order valence-electron chi connectivity index (χ2n) is 5.38. The zero-order chi connectivity index (χ0) is 13.8. The molecule has 2 heterocycles. The molecule has 19 heavy (non-hydrogen) atoms. The summed E-state index contributed by atoms with van der Waals surface area (Å²) in [6.45, 7) is 5.70. The minimum atomic E-state index is 0.136. The zero-order valence-electron chi connectivity index (χ0n) is 12.1. The van der Waals surface area contributed by atoms with Crippen LogP contribution in [0.2, 0.25) is 0 Å². The van der Waals surface area contributed by atoms with Crippen molar-refractivity contribution in [3.05, 3.63) is 17.0 Å². The van der Waals surface area contributed by atoms with E-state index in [1.807, 2.05) is 25.6 Å². The Morgan fingerprint density at radius 2 is 2.32 bits per heavy atom. The predicted molar refractivity (Wildman–Crippen MR) is 74.8 cm³/mol. The Kier molecular flexibility index (Phi) is 4.58. The maximum absolute atomic E-state index is 11.8. The standard InChI is InChI=1S/C14H24N4O/c1-10-13(11(2)18(3)17-10)9-16-14(19)7-6-12-5-4-8-15-12/h12,15H,4-9H2,1-3H3,(H,16,19). The summed E-state index contributed by atoms with van der Waals surface area (Å²) in [5.74, 6) is 0.136. The number of amides is 1. The van der Waals surface area contributed by atoms with Gasteiger partial charge in [0.25, 0.3) is 0 Å². The van der Waals surface area contributed by atoms with Gasteiger partial charge in [-0.05, 0) is 39.7 Å². The van der Waals surface area contributed by atoms with E-state index in [0.717, 1.165) is 29.9 Å². The fourth-order valence-corrected chi connectivity index (χ4v) is 2.66. The molecule has 1 saturated heterocycles. The van der Waals surface area contributed by atoms with Crippen LogP contribution in [0.4, 0.5) is 0 Å². The maximum atomic E-state index is 11.8. The Bertz CT molecular complexity index is 447. The Morgan fingerprint density at radius 3 is 2.89 bits per heavy atom. The van der Waals surface area contributed by atoms with Gasteiger partial charge in [-0.1, -0.05) is 0 Å². The Hall–Kier alpha value is -1.36. The quantitative estimate of drug-likeness (QED) is 0.840. The molecule has 1 aromatic rings. The van der Waals surface area contributed by atoms with Gasteiger partial charge >= 0.3 is 0 Å². The largest absolute Gasteiger partial charge is 0.352 e. The minimum Gasteiger partial charge on any atom is -0.352 e. The molecule has 5 nitrogen and oxygen atoms in total. The number of hydrogen-bond acceptors (Lipinski definition) is 3. The van der Waals surface area contributed by atoms with Crippen LogP contribution < -0.4 is 10.6 Å². The van der Waals surface area contributed by atoms with Crippen molar-refractivity contribution in [2.75, 3.05) is 6.54 Å². The van der Waals surface area contributed by atoms with Crippen LogP contribution in [0, 0.1) is 13.8 Å². The molecule has 0 radical (unpaired) electrons. The summed E-state index contributed by atoms with van der Waals surface area (Å²) < 4.78 is 1.86. The third-order valence-corrected chi connectivity index (χ3v) is 4.00. The monoisotopic (exact) mass is 264 g/mol. The molecule has 1 atom stereocenters. The Balaban J connectivity index is 1.76. The second kappa shape index (κ2) is 6.19. The molecule has 0 spiro atoms. The lowest BCUT2D eigenvalue weighted by molar-refractivity contribution is -0.121. The predicted octanol–water partition coefficient (Wildman–Crippen LogP) is 1.19. The lowest BCUT2D eigenvalue weighted by Crippen LogP contribution is -2.27. The van der Waals surface area contributed by atoms with Gasteiger partial charge in [0.1, 0.15) is 0 Å². The van der Waals surface area contributed by atoms with E-state index in [9.17, 15) is 4.79 Å². The van der Waals surface area contributed by atoms with Crippen LogP contribution in [0.1, 0.15) is 42.6 Å².